The van der Waals surface area contributed by atoms with E-state index in [1.165, 1.54) is 11.3 Å². The van der Waals surface area contributed by atoms with Crippen molar-refractivity contribution in [1.29, 1.82) is 0 Å². The molecule has 2 aromatic rings. The van der Waals surface area contributed by atoms with E-state index < -0.39 is 0 Å². The highest BCUT2D eigenvalue weighted by molar-refractivity contribution is 6.00. The summed E-state index contributed by atoms with van der Waals surface area (Å²) in [6, 6.07) is 18.5. The first kappa shape index (κ1) is 20.6. The molecule has 0 amide bonds. The van der Waals surface area contributed by atoms with Crippen molar-refractivity contribution in [3.8, 4) is 0 Å². The molecule has 1 saturated heterocycles. The van der Waals surface area contributed by atoms with Crippen LogP contribution in [0, 0.1) is 0 Å². The van der Waals surface area contributed by atoms with Crippen LogP contribution in [0.15, 0.2) is 54.6 Å². The topological polar surface area (TPSA) is 32.8 Å². The van der Waals surface area contributed by atoms with Gasteiger partial charge in [-0.3, -0.25) is 9.69 Å². The van der Waals surface area contributed by atoms with Crippen molar-refractivity contribution in [2.24, 2.45) is 0 Å². The summed E-state index contributed by atoms with van der Waals surface area (Å²) in [6.45, 7) is 9.34. The van der Waals surface area contributed by atoms with E-state index in [1.54, 1.807) is 0 Å². The van der Waals surface area contributed by atoms with Crippen LogP contribution in [0.3, 0.4) is 0 Å². The summed E-state index contributed by atoms with van der Waals surface area (Å²) in [6.07, 6.45) is 2.11. The van der Waals surface area contributed by atoms with Gasteiger partial charge in [0.15, 0.2) is 5.78 Å². The van der Waals surface area contributed by atoms with Gasteiger partial charge in [-0.25, -0.2) is 0 Å². The van der Waals surface area contributed by atoms with Crippen LogP contribution in [0.5, 0.6) is 0 Å². The van der Waals surface area contributed by atoms with Crippen LogP contribution in [0.2, 0.25) is 0 Å². The van der Waals surface area contributed by atoms with Crippen molar-refractivity contribution in [1.82, 2.24) is 4.90 Å². The van der Waals surface area contributed by atoms with Crippen molar-refractivity contribution in [3.05, 3.63) is 65.7 Å². The van der Waals surface area contributed by atoms with Crippen LogP contribution >= 0.6 is 0 Å². The smallest absolute Gasteiger partial charge is 0.179 e. The van der Waals surface area contributed by atoms with Gasteiger partial charge in [0.25, 0.3) is 0 Å². The number of carbonyl (C=O) groups is 1. The first-order chi connectivity index (χ1) is 13.7. The Morgan fingerprint density at radius 3 is 2.39 bits per heavy atom. The maximum Gasteiger partial charge on any atom is 0.179 e. The summed E-state index contributed by atoms with van der Waals surface area (Å²) in [5.41, 5.74) is 3.32. The molecule has 1 aliphatic rings. The molecule has 150 valence electrons. The van der Waals surface area contributed by atoms with Crippen LogP contribution in [-0.2, 0) is 11.2 Å². The van der Waals surface area contributed by atoms with E-state index in [9.17, 15) is 4.79 Å². The van der Waals surface area contributed by atoms with Gasteiger partial charge in [-0.05, 0) is 62.7 Å². The number of rotatable bonds is 9. The zero-order chi connectivity index (χ0) is 19.8. The van der Waals surface area contributed by atoms with Crippen molar-refractivity contribution in [3.63, 3.8) is 0 Å². The van der Waals surface area contributed by atoms with E-state index in [-0.39, 0.29) is 11.8 Å². The van der Waals surface area contributed by atoms with Gasteiger partial charge in [0.2, 0.25) is 0 Å². The van der Waals surface area contributed by atoms with Gasteiger partial charge in [-0.1, -0.05) is 37.3 Å². The first-order valence-corrected chi connectivity index (χ1v) is 10.4. The number of hydrogen-bond donors (Lipinski definition) is 0. The van der Waals surface area contributed by atoms with E-state index >= 15 is 0 Å². The molecular weight excluding hydrogens is 348 g/mol. The highest BCUT2D eigenvalue weighted by Gasteiger charge is 2.21. The number of likely N-dealkylation sites (N-methyl/N-ethyl adjacent to an activating group) is 1. The SMILES string of the molecule is CCN(CCCc1ccccc1)C(C)C(=O)c1ccc(N2CCOCC2)cc1. The zero-order valence-corrected chi connectivity index (χ0v) is 17.1. The number of morpholine rings is 1. The molecule has 4 heteroatoms. The first-order valence-electron chi connectivity index (χ1n) is 10.4. The summed E-state index contributed by atoms with van der Waals surface area (Å²) in [7, 11) is 0. The highest BCUT2D eigenvalue weighted by Crippen LogP contribution is 2.18. The van der Waals surface area contributed by atoms with E-state index in [4.69, 9.17) is 4.74 Å². The summed E-state index contributed by atoms with van der Waals surface area (Å²) in [5, 5.41) is 0. The summed E-state index contributed by atoms with van der Waals surface area (Å²) in [4.78, 5) is 17.6. The Kier molecular flexibility index (Phi) is 7.63. The molecule has 0 aromatic heterocycles. The number of aryl methyl sites for hydroxylation is 1. The molecule has 1 fully saturated rings. The molecule has 1 heterocycles. The minimum atomic E-state index is -0.102. The fraction of sp³-hybridized carbons (Fsp3) is 0.458. The lowest BCUT2D eigenvalue weighted by molar-refractivity contribution is 0.0843. The lowest BCUT2D eigenvalue weighted by atomic mass is 10.0. The summed E-state index contributed by atoms with van der Waals surface area (Å²) >= 11 is 0. The van der Waals surface area contributed by atoms with Gasteiger partial charge in [-0.2, -0.15) is 0 Å². The van der Waals surface area contributed by atoms with Gasteiger partial charge in [0.05, 0.1) is 19.3 Å². The Bertz CT molecular complexity index is 724. The second-order valence-corrected chi connectivity index (χ2v) is 7.40. The molecule has 0 saturated carbocycles. The molecule has 0 N–H and O–H groups in total. The van der Waals surface area contributed by atoms with Gasteiger partial charge in [-0.15, -0.1) is 0 Å². The number of anilines is 1. The second-order valence-electron chi connectivity index (χ2n) is 7.40. The van der Waals surface area contributed by atoms with E-state index in [0.717, 1.165) is 57.8 Å². The number of nitrogens with zero attached hydrogens (tertiary/aromatic N) is 2. The number of hydrogen-bond acceptors (Lipinski definition) is 4. The highest BCUT2D eigenvalue weighted by atomic mass is 16.5. The second kappa shape index (κ2) is 10.4. The van der Waals surface area contributed by atoms with Crippen LogP contribution < -0.4 is 4.90 Å². The van der Waals surface area contributed by atoms with Crippen LogP contribution in [-0.4, -0.2) is 56.1 Å². The predicted octanol–water partition coefficient (Wildman–Crippen LogP) is 4.05. The van der Waals surface area contributed by atoms with E-state index in [0.29, 0.717) is 0 Å². The van der Waals surface area contributed by atoms with Gasteiger partial charge < -0.3 is 9.64 Å². The van der Waals surface area contributed by atoms with Gasteiger partial charge >= 0.3 is 0 Å². The maximum absolute atomic E-state index is 13.0. The molecule has 1 unspecified atom stereocenters. The van der Waals surface area contributed by atoms with E-state index in [2.05, 4.69) is 53.1 Å². The molecular formula is C24H32N2O2. The molecule has 28 heavy (non-hydrogen) atoms. The largest absolute Gasteiger partial charge is 0.378 e. The number of ketones is 1. The molecule has 3 rings (SSSR count). The Morgan fingerprint density at radius 2 is 1.75 bits per heavy atom. The summed E-state index contributed by atoms with van der Waals surface area (Å²) < 4.78 is 5.41. The molecule has 0 spiro atoms. The molecule has 1 aliphatic heterocycles. The molecule has 0 aliphatic carbocycles. The van der Waals surface area contributed by atoms with Crippen LogP contribution in [0.25, 0.3) is 0 Å². The minimum absolute atomic E-state index is 0.102. The third-order valence-corrected chi connectivity index (χ3v) is 5.62. The third-order valence-electron chi connectivity index (χ3n) is 5.62. The number of Topliss-reactive ketones (excluding diaryl/α,β-unsaturated/α-hetero) is 1. The van der Waals surface area contributed by atoms with Crippen molar-refractivity contribution < 1.29 is 9.53 Å². The van der Waals surface area contributed by atoms with Gasteiger partial charge in [0, 0.05) is 24.3 Å². The molecule has 0 radical (unpaired) electrons. The number of benzene rings is 2. The predicted molar refractivity (Wildman–Crippen MR) is 115 cm³/mol. The minimum Gasteiger partial charge on any atom is -0.378 e. The standard InChI is InChI=1S/C24H32N2O2/c1-3-25(15-7-10-21-8-5-4-6-9-21)20(2)24(27)22-11-13-23(14-12-22)26-16-18-28-19-17-26/h4-6,8-9,11-14,20H,3,7,10,15-19H2,1-2H3. The van der Waals surface area contributed by atoms with Crippen molar-refractivity contribution >= 4 is 11.5 Å². The third kappa shape index (κ3) is 5.43. The molecule has 4 nitrogen and oxygen atoms in total. The molecule has 1 atom stereocenters. The normalized spacial score (nSPS) is 15.6. The maximum atomic E-state index is 13.0. The average molecular weight is 381 g/mol. The van der Waals surface area contributed by atoms with E-state index in [1.807, 2.05) is 25.1 Å². The van der Waals surface area contributed by atoms with Crippen LogP contribution in [0.1, 0.15) is 36.2 Å². The fourth-order valence-corrected chi connectivity index (χ4v) is 3.82. The Morgan fingerprint density at radius 1 is 1.07 bits per heavy atom. The monoisotopic (exact) mass is 380 g/mol. The molecule has 0 bridgehead atoms. The Hall–Kier alpha value is -2.17. The van der Waals surface area contributed by atoms with Crippen LogP contribution in [0.4, 0.5) is 5.69 Å². The Balaban J connectivity index is 1.55. The van der Waals surface area contributed by atoms with Crippen molar-refractivity contribution in [2.75, 3.05) is 44.3 Å². The summed E-state index contributed by atoms with van der Waals surface area (Å²) in [5.74, 6) is 0.204. The zero-order valence-electron chi connectivity index (χ0n) is 17.1. The lowest BCUT2D eigenvalue weighted by Gasteiger charge is -2.29. The van der Waals surface area contributed by atoms with Crippen molar-refractivity contribution in [2.45, 2.75) is 32.7 Å². The average Bonchev–Trinajstić information content (AvgIpc) is 2.77. The fourth-order valence-electron chi connectivity index (χ4n) is 3.82. The number of carbonyl (C=O) groups excluding carboxylic acids is 1. The molecule has 2 aromatic carbocycles. The van der Waals surface area contributed by atoms with Gasteiger partial charge in [0.1, 0.15) is 0 Å². The quantitative estimate of drug-likeness (QED) is 0.615. The Labute approximate surface area is 169 Å². The number of ether oxygens (including phenoxy) is 1. The lowest BCUT2D eigenvalue weighted by Crippen LogP contribution is -2.39.